The minimum atomic E-state index is -0.243. The van der Waals surface area contributed by atoms with Crippen molar-refractivity contribution >= 4 is 5.91 Å². The first-order valence-electron chi connectivity index (χ1n) is 6.59. The maximum absolute atomic E-state index is 12.4. The molecule has 0 spiro atoms. The first-order valence-corrected chi connectivity index (χ1v) is 6.59. The van der Waals surface area contributed by atoms with Gasteiger partial charge in [-0.15, -0.1) is 0 Å². The zero-order chi connectivity index (χ0) is 11.8. The van der Waals surface area contributed by atoms with Gasteiger partial charge in [-0.3, -0.25) is 4.79 Å². The number of rotatable bonds is 4. The number of nitrogens with zero attached hydrogens (tertiary/aromatic N) is 1. The summed E-state index contributed by atoms with van der Waals surface area (Å²) in [4.78, 5) is 14.4. The van der Waals surface area contributed by atoms with Crippen LogP contribution in [0.1, 0.15) is 39.5 Å². The Morgan fingerprint density at radius 1 is 1.56 bits per heavy atom. The molecule has 0 aromatic heterocycles. The van der Waals surface area contributed by atoms with E-state index in [2.05, 4.69) is 19.2 Å². The van der Waals surface area contributed by atoms with Gasteiger partial charge < -0.3 is 10.2 Å². The topological polar surface area (TPSA) is 32.3 Å². The molecule has 0 bridgehead atoms. The molecule has 92 valence electrons. The number of hydrogen-bond donors (Lipinski definition) is 1. The number of carbonyl (C=O) groups excluding carboxylic acids is 1. The van der Waals surface area contributed by atoms with Crippen LogP contribution in [0.15, 0.2) is 0 Å². The van der Waals surface area contributed by atoms with Gasteiger partial charge in [0.15, 0.2) is 0 Å². The van der Waals surface area contributed by atoms with Crippen LogP contribution in [0, 0.1) is 11.8 Å². The molecule has 0 aromatic carbocycles. The van der Waals surface area contributed by atoms with Crippen LogP contribution in [0.4, 0.5) is 0 Å². The molecule has 3 atom stereocenters. The van der Waals surface area contributed by atoms with Gasteiger partial charge in [0.25, 0.3) is 0 Å². The standard InChI is InChI=1S/C13H24N2O/c1-4-13(6-5-7-14-13)12(16)15(3)9-11-8-10(11)2/h10-11,14H,4-9H2,1-3H3. The fraction of sp³-hybridized carbons (Fsp3) is 0.923. The van der Waals surface area contributed by atoms with Crippen molar-refractivity contribution in [3.05, 3.63) is 0 Å². The lowest BCUT2D eigenvalue weighted by Crippen LogP contribution is -2.53. The van der Waals surface area contributed by atoms with E-state index in [1.807, 2.05) is 11.9 Å². The molecule has 2 rings (SSSR count). The van der Waals surface area contributed by atoms with Crippen LogP contribution in [0.3, 0.4) is 0 Å². The molecule has 1 aliphatic heterocycles. The van der Waals surface area contributed by atoms with E-state index in [0.29, 0.717) is 5.91 Å². The van der Waals surface area contributed by atoms with Gasteiger partial charge in [0.2, 0.25) is 5.91 Å². The van der Waals surface area contributed by atoms with E-state index in [4.69, 9.17) is 0 Å². The van der Waals surface area contributed by atoms with Crippen LogP contribution in [0.2, 0.25) is 0 Å². The number of carbonyl (C=O) groups is 1. The Hall–Kier alpha value is -0.570. The third kappa shape index (κ3) is 2.10. The molecule has 3 nitrogen and oxygen atoms in total. The van der Waals surface area contributed by atoms with Crippen molar-refractivity contribution in [3.8, 4) is 0 Å². The van der Waals surface area contributed by atoms with E-state index >= 15 is 0 Å². The summed E-state index contributed by atoms with van der Waals surface area (Å²) in [6.07, 6.45) is 4.35. The van der Waals surface area contributed by atoms with E-state index in [1.54, 1.807) is 0 Å². The lowest BCUT2D eigenvalue weighted by Gasteiger charge is -2.32. The largest absolute Gasteiger partial charge is 0.344 e. The quantitative estimate of drug-likeness (QED) is 0.787. The summed E-state index contributed by atoms with van der Waals surface area (Å²) in [5.74, 6) is 1.89. The zero-order valence-corrected chi connectivity index (χ0v) is 10.8. The summed E-state index contributed by atoms with van der Waals surface area (Å²) in [7, 11) is 1.96. The molecule has 16 heavy (non-hydrogen) atoms. The second-order valence-electron chi connectivity index (χ2n) is 5.62. The molecule has 3 heteroatoms. The van der Waals surface area contributed by atoms with Crippen molar-refractivity contribution in [2.24, 2.45) is 11.8 Å². The van der Waals surface area contributed by atoms with Gasteiger partial charge in [0.1, 0.15) is 0 Å². The lowest BCUT2D eigenvalue weighted by atomic mass is 9.92. The third-order valence-electron chi connectivity index (χ3n) is 4.39. The van der Waals surface area contributed by atoms with E-state index in [-0.39, 0.29) is 5.54 Å². The minimum Gasteiger partial charge on any atom is -0.344 e. The molecule has 1 saturated heterocycles. The van der Waals surface area contributed by atoms with Gasteiger partial charge in [-0.05, 0) is 44.1 Å². The smallest absolute Gasteiger partial charge is 0.242 e. The van der Waals surface area contributed by atoms with Crippen LogP contribution in [-0.4, -0.2) is 36.5 Å². The summed E-state index contributed by atoms with van der Waals surface area (Å²) in [5, 5.41) is 3.41. The Labute approximate surface area is 98.6 Å². The fourth-order valence-corrected chi connectivity index (χ4v) is 2.90. The van der Waals surface area contributed by atoms with Crippen LogP contribution >= 0.6 is 0 Å². The predicted molar refractivity (Wildman–Crippen MR) is 65.2 cm³/mol. The summed E-state index contributed by atoms with van der Waals surface area (Å²) in [5.41, 5.74) is -0.243. The molecule has 1 aliphatic carbocycles. The van der Waals surface area contributed by atoms with Crippen molar-refractivity contribution in [2.45, 2.75) is 45.1 Å². The minimum absolute atomic E-state index is 0.243. The van der Waals surface area contributed by atoms with E-state index in [0.717, 1.165) is 44.2 Å². The maximum Gasteiger partial charge on any atom is 0.242 e. The normalized spacial score (nSPS) is 37.4. The van der Waals surface area contributed by atoms with Gasteiger partial charge in [-0.1, -0.05) is 13.8 Å². The highest BCUT2D eigenvalue weighted by Gasteiger charge is 2.42. The zero-order valence-electron chi connectivity index (χ0n) is 10.8. The highest BCUT2D eigenvalue weighted by atomic mass is 16.2. The molecule has 2 fully saturated rings. The van der Waals surface area contributed by atoms with Crippen molar-refractivity contribution in [2.75, 3.05) is 20.1 Å². The number of nitrogens with one attached hydrogen (secondary N) is 1. The first kappa shape index (κ1) is 11.9. The number of likely N-dealkylation sites (N-methyl/N-ethyl adjacent to an activating group) is 1. The SMILES string of the molecule is CCC1(C(=O)N(C)CC2CC2C)CCCN1. The van der Waals surface area contributed by atoms with Crippen molar-refractivity contribution in [1.82, 2.24) is 10.2 Å². The van der Waals surface area contributed by atoms with Crippen LogP contribution < -0.4 is 5.32 Å². The van der Waals surface area contributed by atoms with E-state index < -0.39 is 0 Å². The fourth-order valence-electron chi connectivity index (χ4n) is 2.90. The van der Waals surface area contributed by atoms with Gasteiger partial charge >= 0.3 is 0 Å². The second-order valence-corrected chi connectivity index (χ2v) is 5.62. The predicted octanol–water partition coefficient (Wildman–Crippen LogP) is 1.63. The lowest BCUT2D eigenvalue weighted by molar-refractivity contribution is -0.136. The third-order valence-corrected chi connectivity index (χ3v) is 4.39. The van der Waals surface area contributed by atoms with Crippen molar-refractivity contribution in [1.29, 1.82) is 0 Å². The molecular formula is C13H24N2O. The second kappa shape index (κ2) is 4.36. The molecule has 1 heterocycles. The average molecular weight is 224 g/mol. The van der Waals surface area contributed by atoms with Gasteiger partial charge in [0.05, 0.1) is 5.54 Å². The molecule has 1 N–H and O–H groups in total. The Bertz CT molecular complexity index is 271. The summed E-state index contributed by atoms with van der Waals surface area (Å²) < 4.78 is 0. The van der Waals surface area contributed by atoms with Gasteiger partial charge in [-0.25, -0.2) is 0 Å². The molecule has 2 aliphatic rings. The van der Waals surface area contributed by atoms with Gasteiger partial charge in [0, 0.05) is 13.6 Å². The molecule has 3 unspecified atom stereocenters. The number of amides is 1. The maximum atomic E-state index is 12.4. The Morgan fingerprint density at radius 2 is 2.25 bits per heavy atom. The van der Waals surface area contributed by atoms with E-state index in [1.165, 1.54) is 6.42 Å². The highest BCUT2D eigenvalue weighted by molar-refractivity contribution is 5.86. The molecule has 0 aromatic rings. The number of hydrogen-bond acceptors (Lipinski definition) is 2. The highest BCUT2D eigenvalue weighted by Crippen LogP contribution is 2.38. The summed E-state index contributed by atoms with van der Waals surface area (Å²) in [6.45, 7) is 6.33. The van der Waals surface area contributed by atoms with Crippen LogP contribution in [0.5, 0.6) is 0 Å². The molecule has 1 amide bonds. The average Bonchev–Trinajstić information content (AvgIpc) is 2.82. The molecule has 0 radical (unpaired) electrons. The Morgan fingerprint density at radius 3 is 2.69 bits per heavy atom. The molecular weight excluding hydrogens is 200 g/mol. The van der Waals surface area contributed by atoms with Crippen LogP contribution in [-0.2, 0) is 4.79 Å². The van der Waals surface area contributed by atoms with Crippen molar-refractivity contribution < 1.29 is 4.79 Å². The van der Waals surface area contributed by atoms with Crippen LogP contribution in [0.25, 0.3) is 0 Å². The van der Waals surface area contributed by atoms with Crippen molar-refractivity contribution in [3.63, 3.8) is 0 Å². The summed E-state index contributed by atoms with van der Waals surface area (Å²) in [6, 6.07) is 0. The summed E-state index contributed by atoms with van der Waals surface area (Å²) >= 11 is 0. The monoisotopic (exact) mass is 224 g/mol. The Balaban J connectivity index is 1.94. The van der Waals surface area contributed by atoms with E-state index in [9.17, 15) is 4.79 Å². The Kier molecular flexibility index (Phi) is 3.24. The molecule has 1 saturated carbocycles. The van der Waals surface area contributed by atoms with Gasteiger partial charge in [-0.2, -0.15) is 0 Å². The first-order chi connectivity index (χ1) is 7.59.